The number of ether oxygens (including phenoxy) is 3. The number of Topliss-reactive ketones (excluding diaryl/α,β-unsaturated/α-hetero) is 1. The Kier molecular flexibility index (Phi) is 16.2. The van der Waals surface area contributed by atoms with Crippen molar-refractivity contribution in [3.63, 3.8) is 0 Å². The Labute approximate surface area is 287 Å². The van der Waals surface area contributed by atoms with Crippen molar-refractivity contribution in [1.82, 2.24) is 0 Å². The van der Waals surface area contributed by atoms with Crippen LogP contribution in [0.1, 0.15) is 77.8 Å². The normalized spacial score (nSPS) is 11.9. The second-order valence-corrected chi connectivity index (χ2v) is 11.4. The van der Waals surface area contributed by atoms with Gasteiger partial charge in [-0.1, -0.05) is 19.1 Å². The van der Waals surface area contributed by atoms with Crippen LogP contribution >= 0.6 is 0 Å². The first-order chi connectivity index (χ1) is 23.4. The summed E-state index contributed by atoms with van der Waals surface area (Å²) in [5.41, 5.74) is 2.02. The van der Waals surface area contributed by atoms with E-state index >= 15 is 0 Å². The molecule has 2 aromatic rings. The summed E-state index contributed by atoms with van der Waals surface area (Å²) in [6.07, 6.45) is 3.92. The van der Waals surface area contributed by atoms with Crippen molar-refractivity contribution in [2.45, 2.75) is 52.1 Å². The van der Waals surface area contributed by atoms with Crippen LogP contribution in [0, 0.1) is 22.7 Å². The minimum absolute atomic E-state index is 0.108. The van der Waals surface area contributed by atoms with Crippen LogP contribution in [0.4, 0.5) is 11.4 Å². The minimum Gasteiger partial charge on any atom is -0.462 e. The molecule has 0 radical (unpaired) electrons. The molecule has 0 aliphatic rings. The first-order valence-corrected chi connectivity index (χ1v) is 16.0. The van der Waals surface area contributed by atoms with Gasteiger partial charge >= 0.3 is 17.9 Å². The van der Waals surface area contributed by atoms with Gasteiger partial charge in [-0.05, 0) is 86.6 Å². The summed E-state index contributed by atoms with van der Waals surface area (Å²) in [5.74, 6) is -2.70. The van der Waals surface area contributed by atoms with E-state index in [9.17, 15) is 34.8 Å². The number of nitrogens with zero attached hydrogens (tertiary/aromatic N) is 4. The predicted octanol–water partition coefficient (Wildman–Crippen LogP) is 5.11. The maximum Gasteiger partial charge on any atom is 0.348 e. The van der Waals surface area contributed by atoms with Gasteiger partial charge in [0, 0.05) is 39.6 Å². The van der Waals surface area contributed by atoms with Gasteiger partial charge in [-0.2, -0.15) is 10.5 Å². The van der Waals surface area contributed by atoms with E-state index in [0.29, 0.717) is 36.8 Å². The molecule has 0 bridgehead atoms. The lowest BCUT2D eigenvalue weighted by Gasteiger charge is -2.16. The Balaban J connectivity index is 1.99. The van der Waals surface area contributed by atoms with Crippen molar-refractivity contribution in [2.75, 3.05) is 57.8 Å². The number of ketones is 1. The van der Waals surface area contributed by atoms with E-state index in [2.05, 4.69) is 0 Å². The molecule has 0 saturated carbocycles. The number of aliphatic hydroxyl groups excluding tert-OH is 1. The number of esters is 3. The molecule has 49 heavy (non-hydrogen) atoms. The largest absolute Gasteiger partial charge is 0.462 e. The summed E-state index contributed by atoms with van der Waals surface area (Å²) in [5, 5.41) is 28.9. The van der Waals surface area contributed by atoms with Gasteiger partial charge in [0.1, 0.15) is 23.8 Å². The number of carbonyl (C=O) groups is 4. The number of anilines is 2. The van der Waals surface area contributed by atoms with E-state index in [1.54, 1.807) is 55.1 Å². The van der Waals surface area contributed by atoms with Crippen LogP contribution in [-0.4, -0.2) is 82.9 Å². The van der Waals surface area contributed by atoms with Crippen molar-refractivity contribution in [1.29, 1.82) is 10.5 Å². The van der Waals surface area contributed by atoms with Crippen LogP contribution in [-0.2, 0) is 23.8 Å². The van der Waals surface area contributed by atoms with Crippen LogP contribution in [0.3, 0.4) is 0 Å². The second kappa shape index (κ2) is 20.0. The zero-order valence-electron chi connectivity index (χ0n) is 28.9. The lowest BCUT2D eigenvalue weighted by molar-refractivity contribution is -0.137. The molecule has 0 aromatic heterocycles. The van der Waals surface area contributed by atoms with Gasteiger partial charge in [0.05, 0.1) is 36.5 Å². The highest BCUT2D eigenvalue weighted by molar-refractivity contribution is 6.07. The Hall–Kier alpha value is -5.46. The number of carbonyl (C=O) groups excluding carboxylic acids is 4. The Morgan fingerprint density at radius 2 is 1.18 bits per heavy atom. The molecular weight excluding hydrogens is 628 g/mol. The van der Waals surface area contributed by atoms with Crippen LogP contribution < -0.4 is 9.80 Å². The SMILES string of the molecule is CCOC(=O)/C(C#N)=C\c1ccc(N(C)C)cc1C(=O)OCCCCCCOC(=O)c1cc(N(C)C)ccc1/C=C(/C#N)C(=O)C(O)CC. The van der Waals surface area contributed by atoms with Gasteiger partial charge in [0.15, 0.2) is 0 Å². The van der Waals surface area contributed by atoms with E-state index in [0.717, 1.165) is 11.4 Å². The number of aliphatic hydroxyl groups is 1. The summed E-state index contributed by atoms with van der Waals surface area (Å²) in [4.78, 5) is 54.3. The molecule has 0 fully saturated rings. The fourth-order valence-electron chi connectivity index (χ4n) is 4.47. The highest BCUT2D eigenvalue weighted by Crippen LogP contribution is 2.24. The zero-order valence-corrected chi connectivity index (χ0v) is 28.9. The van der Waals surface area contributed by atoms with E-state index in [4.69, 9.17) is 14.2 Å². The van der Waals surface area contributed by atoms with E-state index in [1.807, 2.05) is 45.2 Å². The molecule has 1 atom stereocenters. The van der Waals surface area contributed by atoms with Gasteiger partial charge in [0.25, 0.3) is 0 Å². The van der Waals surface area contributed by atoms with E-state index < -0.39 is 29.8 Å². The minimum atomic E-state index is -1.31. The summed E-state index contributed by atoms with van der Waals surface area (Å²) in [6, 6.07) is 13.6. The summed E-state index contributed by atoms with van der Waals surface area (Å²) in [6.45, 7) is 3.63. The van der Waals surface area contributed by atoms with Gasteiger partial charge in [0.2, 0.25) is 5.78 Å². The van der Waals surface area contributed by atoms with E-state index in [-0.39, 0.29) is 48.5 Å². The molecule has 0 amide bonds. The molecule has 12 nitrogen and oxygen atoms in total. The lowest BCUT2D eigenvalue weighted by Crippen LogP contribution is -2.20. The number of nitriles is 2. The fraction of sp³-hybridized carbons (Fsp3) is 0.405. The van der Waals surface area contributed by atoms with Crippen molar-refractivity contribution < 1.29 is 38.5 Å². The first kappa shape index (κ1) is 39.7. The highest BCUT2D eigenvalue weighted by Gasteiger charge is 2.21. The number of hydrogen-bond acceptors (Lipinski definition) is 12. The highest BCUT2D eigenvalue weighted by atomic mass is 16.5. The quantitative estimate of drug-likeness (QED) is 0.0731. The number of unbranched alkanes of at least 4 members (excludes halogenated alkanes) is 3. The summed E-state index contributed by atoms with van der Waals surface area (Å²) < 4.78 is 15.9. The number of hydrogen-bond donors (Lipinski definition) is 1. The Morgan fingerprint density at radius 3 is 1.57 bits per heavy atom. The molecule has 2 aromatic carbocycles. The third-order valence-corrected chi connectivity index (χ3v) is 7.34. The van der Waals surface area contributed by atoms with Crippen LogP contribution in [0.15, 0.2) is 47.5 Å². The molecule has 1 N–H and O–H groups in total. The number of benzene rings is 2. The molecule has 0 saturated heterocycles. The predicted molar refractivity (Wildman–Crippen MR) is 186 cm³/mol. The van der Waals surface area contributed by atoms with Gasteiger partial charge in [-0.3, -0.25) is 4.79 Å². The van der Waals surface area contributed by atoms with Crippen molar-refractivity contribution in [3.05, 3.63) is 69.8 Å². The smallest absolute Gasteiger partial charge is 0.348 e. The van der Waals surface area contributed by atoms with Crippen molar-refractivity contribution >= 4 is 47.2 Å². The average Bonchev–Trinajstić information content (AvgIpc) is 3.09. The molecule has 0 heterocycles. The first-order valence-electron chi connectivity index (χ1n) is 16.0. The average molecular weight is 673 g/mol. The molecule has 12 heteroatoms. The second-order valence-electron chi connectivity index (χ2n) is 11.4. The third kappa shape index (κ3) is 11.9. The molecule has 0 spiro atoms. The van der Waals surface area contributed by atoms with Gasteiger partial charge in [-0.15, -0.1) is 0 Å². The van der Waals surface area contributed by atoms with Gasteiger partial charge < -0.3 is 29.1 Å². The van der Waals surface area contributed by atoms with Crippen LogP contribution in [0.25, 0.3) is 12.2 Å². The lowest BCUT2D eigenvalue weighted by atomic mass is 9.99. The van der Waals surface area contributed by atoms with E-state index in [1.165, 1.54) is 12.2 Å². The summed E-state index contributed by atoms with van der Waals surface area (Å²) in [7, 11) is 7.26. The Bertz CT molecular complexity index is 1650. The van der Waals surface area contributed by atoms with Crippen molar-refractivity contribution in [3.8, 4) is 12.1 Å². The Morgan fingerprint density at radius 1 is 0.735 bits per heavy atom. The summed E-state index contributed by atoms with van der Waals surface area (Å²) >= 11 is 0. The third-order valence-electron chi connectivity index (χ3n) is 7.34. The molecule has 1 unspecified atom stereocenters. The maximum absolute atomic E-state index is 13.1. The monoisotopic (exact) mass is 672 g/mol. The molecule has 0 aliphatic carbocycles. The molecule has 2 rings (SSSR count). The van der Waals surface area contributed by atoms with Crippen molar-refractivity contribution in [2.24, 2.45) is 0 Å². The van der Waals surface area contributed by atoms with Gasteiger partial charge in [-0.25, -0.2) is 14.4 Å². The maximum atomic E-state index is 13.1. The molecule has 260 valence electrons. The van der Waals surface area contributed by atoms with Crippen LogP contribution in [0.2, 0.25) is 0 Å². The molecular formula is C37H44N4O8. The standard InChI is InChI=1S/C37H44N4O8/c1-7-33(42)34(43)27(23-38)19-25-13-15-29(40(3)4)21-31(25)36(45)48-17-11-9-10-12-18-49-37(46)32-22-30(41(5)6)16-14-26(32)20-28(24-39)35(44)47-8-2/h13-16,19-22,33,42H,7-12,17-18H2,1-6H3/b27-19-,28-20-. The zero-order chi connectivity index (χ0) is 36.5. The fourth-order valence-corrected chi connectivity index (χ4v) is 4.47. The van der Waals surface area contributed by atoms with Crippen LogP contribution in [0.5, 0.6) is 0 Å². The number of rotatable bonds is 18. The molecule has 0 aliphatic heterocycles. The topological polar surface area (TPSA) is 170 Å².